The molecule has 0 aliphatic rings. The molecule has 0 saturated heterocycles. The van der Waals surface area contributed by atoms with E-state index in [1.54, 1.807) is 23.9 Å². The molecule has 1 N–H and O–H groups in total. The van der Waals surface area contributed by atoms with Crippen molar-refractivity contribution in [2.75, 3.05) is 0 Å². The second-order valence-corrected chi connectivity index (χ2v) is 7.64. The molecule has 5 nitrogen and oxygen atoms in total. The minimum atomic E-state index is -3.80. The molecule has 0 spiro atoms. The fourth-order valence-corrected chi connectivity index (χ4v) is 3.95. The van der Waals surface area contributed by atoms with Crippen molar-refractivity contribution < 1.29 is 17.2 Å². The van der Waals surface area contributed by atoms with Crippen LogP contribution in [0.15, 0.2) is 60.9 Å². The third kappa shape index (κ3) is 4.33. The van der Waals surface area contributed by atoms with Crippen LogP contribution in [0.2, 0.25) is 0 Å². The SMILES string of the molecule is Cn1ccnc1[C@H](NS(=O)(=O)Cc1ccc(F)cc1)c1cccc(F)c1. The van der Waals surface area contributed by atoms with E-state index in [0.29, 0.717) is 17.0 Å². The number of nitrogens with zero attached hydrogens (tertiary/aromatic N) is 2. The van der Waals surface area contributed by atoms with Gasteiger partial charge in [-0.1, -0.05) is 24.3 Å². The molecule has 3 aromatic rings. The first-order chi connectivity index (χ1) is 12.3. The quantitative estimate of drug-likeness (QED) is 0.718. The number of aromatic nitrogens is 2. The minimum Gasteiger partial charge on any atom is -0.336 e. The number of benzene rings is 2. The molecule has 0 fully saturated rings. The fourth-order valence-electron chi connectivity index (χ4n) is 2.63. The van der Waals surface area contributed by atoms with Gasteiger partial charge in [-0.05, 0) is 35.4 Å². The largest absolute Gasteiger partial charge is 0.336 e. The lowest BCUT2D eigenvalue weighted by Crippen LogP contribution is -2.32. The summed E-state index contributed by atoms with van der Waals surface area (Å²) in [7, 11) is -2.07. The standard InChI is InChI=1S/C18H17F2N3O2S/c1-23-10-9-21-18(23)17(14-3-2-4-16(20)11-14)22-26(24,25)12-13-5-7-15(19)8-6-13/h2-11,17,22H,12H2,1H3/t17-/m1/s1. The van der Waals surface area contributed by atoms with Gasteiger partial charge in [0.05, 0.1) is 5.75 Å². The maximum Gasteiger partial charge on any atom is 0.216 e. The highest BCUT2D eigenvalue weighted by atomic mass is 32.2. The Kier molecular flexibility index (Phi) is 5.15. The molecule has 0 radical (unpaired) electrons. The molecular formula is C18H17F2N3O2S. The van der Waals surface area contributed by atoms with Gasteiger partial charge in [0, 0.05) is 19.4 Å². The molecule has 1 heterocycles. The molecule has 1 atom stereocenters. The molecule has 0 saturated carbocycles. The second-order valence-electron chi connectivity index (χ2n) is 5.89. The van der Waals surface area contributed by atoms with Gasteiger partial charge in [-0.2, -0.15) is 4.72 Å². The molecule has 0 unspecified atom stereocenters. The summed E-state index contributed by atoms with van der Waals surface area (Å²) in [5.74, 6) is -0.814. The number of hydrogen-bond acceptors (Lipinski definition) is 3. The van der Waals surface area contributed by atoms with Crippen molar-refractivity contribution in [1.82, 2.24) is 14.3 Å². The monoisotopic (exact) mass is 377 g/mol. The summed E-state index contributed by atoms with van der Waals surface area (Å²) in [6, 6.07) is 10.1. The molecule has 136 valence electrons. The number of rotatable bonds is 6. The topological polar surface area (TPSA) is 64.0 Å². The lowest BCUT2D eigenvalue weighted by molar-refractivity contribution is 0.559. The molecule has 8 heteroatoms. The summed E-state index contributed by atoms with van der Waals surface area (Å²) in [6.07, 6.45) is 3.21. The summed E-state index contributed by atoms with van der Waals surface area (Å²) in [5.41, 5.74) is 0.874. The van der Waals surface area contributed by atoms with Crippen molar-refractivity contribution in [3.05, 3.63) is 89.5 Å². The van der Waals surface area contributed by atoms with E-state index in [1.807, 2.05) is 0 Å². The number of halogens is 2. The van der Waals surface area contributed by atoms with Crippen LogP contribution >= 0.6 is 0 Å². The zero-order valence-corrected chi connectivity index (χ0v) is 14.7. The first-order valence-corrected chi connectivity index (χ1v) is 9.46. The molecule has 26 heavy (non-hydrogen) atoms. The van der Waals surface area contributed by atoms with Gasteiger partial charge in [0.1, 0.15) is 23.5 Å². The van der Waals surface area contributed by atoms with Crippen molar-refractivity contribution >= 4 is 10.0 Å². The number of hydrogen-bond donors (Lipinski definition) is 1. The predicted octanol–water partition coefficient (Wildman–Crippen LogP) is 2.91. The average Bonchev–Trinajstić information content (AvgIpc) is 3.00. The molecular weight excluding hydrogens is 360 g/mol. The number of imidazole rings is 1. The molecule has 2 aromatic carbocycles. The van der Waals surface area contributed by atoms with Crippen LogP contribution < -0.4 is 4.72 Å². The normalized spacial score (nSPS) is 12.9. The molecule has 3 rings (SSSR count). The van der Waals surface area contributed by atoms with E-state index in [9.17, 15) is 17.2 Å². The lowest BCUT2D eigenvalue weighted by Gasteiger charge is -2.19. The van der Waals surface area contributed by atoms with E-state index in [0.717, 1.165) is 0 Å². The Morgan fingerprint density at radius 2 is 1.85 bits per heavy atom. The Labute approximate surface area is 150 Å². The molecule has 0 bridgehead atoms. The highest BCUT2D eigenvalue weighted by molar-refractivity contribution is 7.88. The second kappa shape index (κ2) is 7.35. The highest BCUT2D eigenvalue weighted by Crippen LogP contribution is 2.23. The van der Waals surface area contributed by atoms with Gasteiger partial charge in [0.15, 0.2) is 0 Å². The van der Waals surface area contributed by atoms with Crippen LogP contribution in [0.25, 0.3) is 0 Å². The Hall–Kier alpha value is -2.58. The maximum atomic E-state index is 13.6. The predicted molar refractivity (Wildman–Crippen MR) is 93.6 cm³/mol. The van der Waals surface area contributed by atoms with Gasteiger partial charge < -0.3 is 4.57 Å². The van der Waals surface area contributed by atoms with Gasteiger partial charge in [-0.15, -0.1) is 0 Å². The summed E-state index contributed by atoms with van der Waals surface area (Å²) in [5, 5.41) is 0. The summed E-state index contributed by atoms with van der Waals surface area (Å²) in [4.78, 5) is 4.19. The van der Waals surface area contributed by atoms with E-state index in [1.165, 1.54) is 48.7 Å². The van der Waals surface area contributed by atoms with Gasteiger partial charge in [-0.3, -0.25) is 0 Å². The van der Waals surface area contributed by atoms with Gasteiger partial charge in [-0.25, -0.2) is 22.2 Å². The summed E-state index contributed by atoms with van der Waals surface area (Å²) in [6.45, 7) is 0. The molecule has 1 aromatic heterocycles. The van der Waals surface area contributed by atoms with Crippen molar-refractivity contribution in [1.29, 1.82) is 0 Å². The van der Waals surface area contributed by atoms with E-state index in [2.05, 4.69) is 9.71 Å². The van der Waals surface area contributed by atoms with Crippen LogP contribution in [-0.2, 0) is 22.8 Å². The first kappa shape index (κ1) is 18.2. The fraction of sp³-hybridized carbons (Fsp3) is 0.167. The van der Waals surface area contributed by atoms with Crippen LogP contribution in [0.3, 0.4) is 0 Å². The van der Waals surface area contributed by atoms with Crippen LogP contribution in [0, 0.1) is 11.6 Å². The van der Waals surface area contributed by atoms with Gasteiger partial charge in [0.25, 0.3) is 0 Å². The molecule has 0 amide bonds. The summed E-state index contributed by atoms with van der Waals surface area (Å²) < 4.78 is 56.1. The van der Waals surface area contributed by atoms with Crippen LogP contribution in [0.1, 0.15) is 23.0 Å². The Morgan fingerprint density at radius 3 is 2.46 bits per heavy atom. The number of sulfonamides is 1. The Morgan fingerprint density at radius 1 is 1.12 bits per heavy atom. The Balaban J connectivity index is 1.92. The first-order valence-electron chi connectivity index (χ1n) is 7.81. The highest BCUT2D eigenvalue weighted by Gasteiger charge is 2.25. The molecule has 0 aliphatic heterocycles. The number of nitrogens with one attached hydrogen (secondary N) is 1. The average molecular weight is 377 g/mol. The number of aryl methyl sites for hydroxylation is 1. The van der Waals surface area contributed by atoms with Crippen LogP contribution in [0.4, 0.5) is 8.78 Å². The summed E-state index contributed by atoms with van der Waals surface area (Å²) >= 11 is 0. The van der Waals surface area contributed by atoms with Gasteiger partial charge in [0.2, 0.25) is 10.0 Å². The third-order valence-corrected chi connectivity index (χ3v) is 5.17. The van der Waals surface area contributed by atoms with E-state index in [4.69, 9.17) is 0 Å². The van der Waals surface area contributed by atoms with Crippen molar-refractivity contribution in [3.63, 3.8) is 0 Å². The van der Waals surface area contributed by atoms with Crippen molar-refractivity contribution in [2.24, 2.45) is 7.05 Å². The zero-order valence-electron chi connectivity index (χ0n) is 13.9. The van der Waals surface area contributed by atoms with Crippen molar-refractivity contribution in [3.8, 4) is 0 Å². The van der Waals surface area contributed by atoms with Crippen LogP contribution in [0.5, 0.6) is 0 Å². The van der Waals surface area contributed by atoms with E-state index >= 15 is 0 Å². The smallest absolute Gasteiger partial charge is 0.216 e. The minimum absolute atomic E-state index is 0.330. The zero-order chi connectivity index (χ0) is 18.7. The van der Waals surface area contributed by atoms with Crippen LogP contribution in [-0.4, -0.2) is 18.0 Å². The molecule has 0 aliphatic carbocycles. The Bertz CT molecular complexity index is 1000. The van der Waals surface area contributed by atoms with E-state index < -0.39 is 27.7 Å². The third-order valence-electron chi connectivity index (χ3n) is 3.87. The van der Waals surface area contributed by atoms with Crippen molar-refractivity contribution in [2.45, 2.75) is 11.8 Å². The van der Waals surface area contributed by atoms with Gasteiger partial charge >= 0.3 is 0 Å². The maximum absolute atomic E-state index is 13.6. The lowest BCUT2D eigenvalue weighted by atomic mass is 10.1. The van der Waals surface area contributed by atoms with E-state index in [-0.39, 0.29) is 5.75 Å².